The summed E-state index contributed by atoms with van der Waals surface area (Å²) in [4.78, 5) is 17.3. The summed E-state index contributed by atoms with van der Waals surface area (Å²) in [6.07, 6.45) is -3.95. The molecule has 1 aromatic rings. The molecule has 0 aliphatic carbocycles. The highest BCUT2D eigenvalue weighted by atomic mass is 19.4. The average molecular weight is 303 g/mol. The van der Waals surface area contributed by atoms with Gasteiger partial charge in [-0.25, -0.2) is 9.37 Å². The third kappa shape index (κ3) is 2.72. The number of carbonyl (C=O) groups is 1. The Labute approximate surface area is 118 Å². The lowest BCUT2D eigenvalue weighted by Crippen LogP contribution is -2.43. The minimum atomic E-state index is -4.92. The van der Waals surface area contributed by atoms with E-state index in [1.54, 1.807) is 0 Å². The van der Waals surface area contributed by atoms with E-state index in [4.69, 9.17) is 0 Å². The van der Waals surface area contributed by atoms with Crippen LogP contribution in [0.2, 0.25) is 0 Å². The number of rotatable bonds is 2. The fourth-order valence-electron chi connectivity index (χ4n) is 2.96. The first kappa shape index (κ1) is 14.2. The van der Waals surface area contributed by atoms with Crippen LogP contribution in [0.15, 0.2) is 12.1 Å². The SMILES string of the molecule is O=C(NC1CN2CC[C@H]1C2)c1ccc(F)c(C(F)(F)F)n1. The summed E-state index contributed by atoms with van der Waals surface area (Å²) < 4.78 is 50.9. The van der Waals surface area contributed by atoms with Gasteiger partial charge in [-0.05, 0) is 31.0 Å². The number of aromatic nitrogens is 1. The number of halogens is 4. The molecule has 0 radical (unpaired) electrons. The van der Waals surface area contributed by atoms with Gasteiger partial charge in [0.2, 0.25) is 0 Å². The maximum absolute atomic E-state index is 13.1. The van der Waals surface area contributed by atoms with E-state index in [1.807, 2.05) is 0 Å². The normalized spacial score (nSPS) is 27.9. The van der Waals surface area contributed by atoms with E-state index in [0.29, 0.717) is 18.5 Å². The summed E-state index contributed by atoms with van der Waals surface area (Å²) in [5.74, 6) is -1.85. The number of piperidine rings is 1. The molecule has 4 nitrogen and oxygen atoms in total. The van der Waals surface area contributed by atoms with Crippen molar-refractivity contribution in [1.82, 2.24) is 15.2 Å². The first-order valence-corrected chi connectivity index (χ1v) is 6.61. The molecule has 21 heavy (non-hydrogen) atoms. The minimum absolute atomic E-state index is 0.0764. The van der Waals surface area contributed by atoms with Gasteiger partial charge < -0.3 is 10.2 Å². The van der Waals surface area contributed by atoms with E-state index in [2.05, 4.69) is 15.2 Å². The number of fused-ring (bicyclic) bond motifs is 2. The quantitative estimate of drug-likeness (QED) is 0.846. The lowest BCUT2D eigenvalue weighted by molar-refractivity contribution is -0.143. The van der Waals surface area contributed by atoms with Crippen LogP contribution in [0.4, 0.5) is 17.6 Å². The van der Waals surface area contributed by atoms with Crippen molar-refractivity contribution in [2.24, 2.45) is 5.92 Å². The van der Waals surface area contributed by atoms with Crippen molar-refractivity contribution in [3.8, 4) is 0 Å². The van der Waals surface area contributed by atoms with Crippen molar-refractivity contribution in [3.63, 3.8) is 0 Å². The van der Waals surface area contributed by atoms with Gasteiger partial charge in [0.05, 0.1) is 0 Å². The zero-order valence-corrected chi connectivity index (χ0v) is 11.0. The molecule has 2 saturated heterocycles. The molecular formula is C13H13F4N3O. The van der Waals surface area contributed by atoms with Gasteiger partial charge in [-0.1, -0.05) is 0 Å². The van der Waals surface area contributed by atoms with Crippen LogP contribution in [-0.4, -0.2) is 41.5 Å². The van der Waals surface area contributed by atoms with Crippen LogP contribution in [0, 0.1) is 11.7 Å². The van der Waals surface area contributed by atoms with Gasteiger partial charge in [-0.3, -0.25) is 4.79 Å². The number of nitrogens with zero attached hydrogens (tertiary/aromatic N) is 2. The van der Waals surface area contributed by atoms with Gasteiger partial charge in [0.25, 0.3) is 5.91 Å². The topological polar surface area (TPSA) is 45.2 Å². The molecule has 3 heterocycles. The third-order valence-electron chi connectivity index (χ3n) is 4.00. The van der Waals surface area contributed by atoms with Crippen LogP contribution in [0.3, 0.4) is 0 Å². The standard InChI is InChI=1S/C13H13F4N3O/c14-8-1-2-9(18-11(8)13(15,16)17)12(21)19-10-6-20-4-3-7(10)5-20/h1-2,7,10H,3-6H2,(H,19,21)/t7-,10?/m0/s1. The molecule has 1 N–H and O–H groups in total. The Bertz CT molecular complexity index is 575. The van der Waals surface area contributed by atoms with Gasteiger partial charge in [0.15, 0.2) is 11.5 Å². The number of hydrogen-bond donors (Lipinski definition) is 1. The number of carbonyl (C=O) groups excluding carboxylic acids is 1. The maximum atomic E-state index is 13.1. The van der Waals surface area contributed by atoms with Crippen molar-refractivity contribution in [1.29, 1.82) is 0 Å². The monoisotopic (exact) mass is 303 g/mol. The van der Waals surface area contributed by atoms with Gasteiger partial charge in [-0.15, -0.1) is 0 Å². The number of hydrogen-bond acceptors (Lipinski definition) is 3. The van der Waals surface area contributed by atoms with Crippen molar-refractivity contribution in [2.75, 3.05) is 19.6 Å². The second-order valence-electron chi connectivity index (χ2n) is 5.41. The van der Waals surface area contributed by atoms with Crippen LogP contribution in [0.25, 0.3) is 0 Å². The molecule has 2 aliphatic rings. The molecule has 2 aliphatic heterocycles. The van der Waals surface area contributed by atoms with Crippen molar-refractivity contribution < 1.29 is 22.4 Å². The summed E-state index contributed by atoms with van der Waals surface area (Å²) in [5.41, 5.74) is -2.08. The highest BCUT2D eigenvalue weighted by molar-refractivity contribution is 5.92. The predicted octanol–water partition coefficient (Wildman–Crippen LogP) is 1.67. The van der Waals surface area contributed by atoms with Crippen LogP contribution >= 0.6 is 0 Å². The minimum Gasteiger partial charge on any atom is -0.346 e. The van der Waals surface area contributed by atoms with E-state index < -0.39 is 29.3 Å². The van der Waals surface area contributed by atoms with Crippen molar-refractivity contribution in [3.05, 3.63) is 29.3 Å². The average Bonchev–Trinajstić information content (AvgIpc) is 3.00. The molecule has 2 bridgehead atoms. The molecule has 0 aromatic carbocycles. The van der Waals surface area contributed by atoms with Gasteiger partial charge in [-0.2, -0.15) is 13.2 Å². The van der Waals surface area contributed by atoms with Crippen LogP contribution in [0.5, 0.6) is 0 Å². The smallest absolute Gasteiger partial charge is 0.346 e. The van der Waals surface area contributed by atoms with Gasteiger partial charge in [0, 0.05) is 19.1 Å². The van der Waals surface area contributed by atoms with Gasteiger partial charge in [0.1, 0.15) is 5.69 Å². The molecule has 2 fully saturated rings. The molecule has 3 rings (SSSR count). The summed E-state index contributed by atoms with van der Waals surface area (Å²) >= 11 is 0. The summed E-state index contributed by atoms with van der Waals surface area (Å²) in [5, 5.41) is 2.69. The highest BCUT2D eigenvalue weighted by Crippen LogP contribution is 2.30. The number of alkyl halides is 3. The summed E-state index contributed by atoms with van der Waals surface area (Å²) in [7, 11) is 0. The first-order chi connectivity index (χ1) is 9.84. The van der Waals surface area contributed by atoms with E-state index in [0.717, 1.165) is 25.6 Å². The lowest BCUT2D eigenvalue weighted by atomic mass is 10.00. The molecule has 2 unspecified atom stereocenters. The fraction of sp³-hybridized carbons (Fsp3) is 0.538. The highest BCUT2D eigenvalue weighted by Gasteiger charge is 2.40. The Balaban J connectivity index is 1.76. The molecule has 1 amide bonds. The Kier molecular flexibility index (Phi) is 3.35. The van der Waals surface area contributed by atoms with E-state index in [9.17, 15) is 22.4 Å². The Hall–Kier alpha value is -1.70. The number of nitrogens with one attached hydrogen (secondary N) is 1. The Morgan fingerprint density at radius 2 is 2.10 bits per heavy atom. The van der Waals surface area contributed by atoms with E-state index in [1.165, 1.54) is 0 Å². The zero-order valence-electron chi connectivity index (χ0n) is 11.0. The molecule has 1 aromatic heterocycles. The second-order valence-corrected chi connectivity index (χ2v) is 5.41. The molecule has 3 atom stereocenters. The van der Waals surface area contributed by atoms with Crippen molar-refractivity contribution >= 4 is 5.91 Å². The molecule has 0 saturated carbocycles. The molecule has 0 spiro atoms. The van der Waals surface area contributed by atoms with Crippen molar-refractivity contribution in [2.45, 2.75) is 18.6 Å². The second kappa shape index (κ2) is 4.94. The molecule has 8 heteroatoms. The van der Waals surface area contributed by atoms with Crippen LogP contribution in [-0.2, 0) is 6.18 Å². The number of pyridine rings is 1. The summed E-state index contributed by atoms with van der Waals surface area (Å²) in [6.45, 7) is 2.59. The molecule has 114 valence electrons. The zero-order chi connectivity index (χ0) is 15.2. The Morgan fingerprint density at radius 3 is 2.67 bits per heavy atom. The van der Waals surface area contributed by atoms with Crippen LogP contribution in [0.1, 0.15) is 22.6 Å². The fourth-order valence-corrected chi connectivity index (χ4v) is 2.96. The number of amides is 1. The first-order valence-electron chi connectivity index (χ1n) is 6.61. The lowest BCUT2D eigenvalue weighted by Gasteiger charge is -2.23. The predicted molar refractivity (Wildman–Crippen MR) is 65.0 cm³/mol. The third-order valence-corrected chi connectivity index (χ3v) is 4.00. The van der Waals surface area contributed by atoms with Crippen LogP contribution < -0.4 is 5.32 Å². The maximum Gasteiger partial charge on any atom is 0.436 e. The van der Waals surface area contributed by atoms with Gasteiger partial charge >= 0.3 is 6.18 Å². The largest absolute Gasteiger partial charge is 0.436 e. The molecular weight excluding hydrogens is 290 g/mol. The van der Waals surface area contributed by atoms with E-state index in [-0.39, 0.29) is 6.04 Å². The van der Waals surface area contributed by atoms with E-state index >= 15 is 0 Å². The summed E-state index contributed by atoms with van der Waals surface area (Å²) in [6, 6.07) is 1.51. The Morgan fingerprint density at radius 1 is 1.33 bits per heavy atom.